The number of nitrogens with one attached hydrogen (secondary N) is 1. The summed E-state index contributed by atoms with van der Waals surface area (Å²) in [5, 5.41) is 2.89. The first-order valence-corrected chi connectivity index (χ1v) is 7.90. The second kappa shape index (κ2) is 6.48. The fraction of sp³-hybridized carbons (Fsp3) is 0.667. The van der Waals surface area contributed by atoms with Crippen molar-refractivity contribution in [3.05, 3.63) is 12.3 Å². The number of likely N-dealkylation sites (N-methyl/N-ethyl adjacent to an activating group) is 1. The minimum Gasteiger partial charge on any atom is -0.467 e. The van der Waals surface area contributed by atoms with Crippen LogP contribution in [0.25, 0.3) is 0 Å². The highest BCUT2D eigenvalue weighted by Gasteiger charge is 2.39. The van der Waals surface area contributed by atoms with Crippen LogP contribution >= 0.6 is 0 Å². The molecular weight excluding hydrogens is 282 g/mol. The van der Waals surface area contributed by atoms with Crippen molar-refractivity contribution in [3.63, 3.8) is 0 Å². The average molecular weight is 305 g/mol. The number of hydrogen-bond acceptors (Lipinski definition) is 5. The number of urea groups is 1. The number of aromatic nitrogens is 2. The van der Waals surface area contributed by atoms with Gasteiger partial charge in [0.25, 0.3) is 0 Å². The first-order chi connectivity index (χ1) is 10.7. The van der Waals surface area contributed by atoms with Gasteiger partial charge in [-0.2, -0.15) is 4.98 Å². The first-order valence-electron chi connectivity index (χ1n) is 7.90. The average Bonchev–Trinajstić information content (AvgIpc) is 2.82. The van der Waals surface area contributed by atoms with E-state index in [-0.39, 0.29) is 12.0 Å². The van der Waals surface area contributed by atoms with Gasteiger partial charge in [0.2, 0.25) is 0 Å². The maximum absolute atomic E-state index is 12.7. The second-order valence-electron chi connectivity index (χ2n) is 5.83. The molecule has 2 fully saturated rings. The SMILES string of the molecule is CCN1CC[C@H]2CC[C@@H](C1)N2C(=O)Nc1ccnc(OC)n1. The Hall–Kier alpha value is -1.89. The number of likely N-dealkylation sites (tertiary alicyclic amines) is 1. The molecule has 0 unspecified atom stereocenters. The summed E-state index contributed by atoms with van der Waals surface area (Å²) in [6.45, 7) is 5.26. The number of carbonyl (C=O) groups excluding carboxylic acids is 1. The molecular formula is C15H23N5O2. The fourth-order valence-electron chi connectivity index (χ4n) is 3.45. The van der Waals surface area contributed by atoms with Crippen molar-refractivity contribution in [2.24, 2.45) is 0 Å². The molecule has 3 heterocycles. The number of ether oxygens (including phenoxy) is 1. The van der Waals surface area contributed by atoms with Crippen molar-refractivity contribution >= 4 is 11.8 Å². The maximum Gasteiger partial charge on any atom is 0.323 e. The Bertz CT molecular complexity index is 538. The summed E-state index contributed by atoms with van der Waals surface area (Å²) in [6, 6.07) is 2.51. The number of nitrogens with zero attached hydrogens (tertiary/aromatic N) is 4. The van der Waals surface area contributed by atoms with Crippen LogP contribution in [0.4, 0.5) is 10.6 Å². The Morgan fingerprint density at radius 2 is 2.23 bits per heavy atom. The van der Waals surface area contributed by atoms with E-state index in [4.69, 9.17) is 4.74 Å². The Morgan fingerprint density at radius 3 is 3.00 bits per heavy atom. The highest BCUT2D eigenvalue weighted by atomic mass is 16.5. The molecule has 22 heavy (non-hydrogen) atoms. The van der Waals surface area contributed by atoms with Crippen LogP contribution in [-0.4, -0.2) is 64.6 Å². The normalized spacial score (nSPS) is 24.9. The van der Waals surface area contributed by atoms with E-state index < -0.39 is 0 Å². The van der Waals surface area contributed by atoms with Gasteiger partial charge in [-0.25, -0.2) is 9.78 Å². The molecule has 2 aliphatic rings. The molecule has 1 aromatic heterocycles. The van der Waals surface area contributed by atoms with Gasteiger partial charge in [0, 0.05) is 31.4 Å². The molecule has 0 radical (unpaired) electrons. The Morgan fingerprint density at radius 1 is 1.41 bits per heavy atom. The lowest BCUT2D eigenvalue weighted by molar-refractivity contribution is 0.184. The highest BCUT2D eigenvalue weighted by molar-refractivity contribution is 5.89. The van der Waals surface area contributed by atoms with Crippen molar-refractivity contribution in [3.8, 4) is 6.01 Å². The summed E-state index contributed by atoms with van der Waals surface area (Å²) in [5.41, 5.74) is 0. The number of fused-ring (bicyclic) bond motifs is 2. The fourth-order valence-corrected chi connectivity index (χ4v) is 3.45. The van der Waals surface area contributed by atoms with Gasteiger partial charge in [0.05, 0.1) is 7.11 Å². The summed E-state index contributed by atoms with van der Waals surface area (Å²) in [5.74, 6) is 0.479. The Labute approximate surface area is 130 Å². The predicted molar refractivity (Wildman–Crippen MR) is 83.0 cm³/mol. The van der Waals surface area contributed by atoms with Gasteiger partial charge in [0.1, 0.15) is 5.82 Å². The van der Waals surface area contributed by atoms with Crippen LogP contribution in [0.2, 0.25) is 0 Å². The van der Waals surface area contributed by atoms with E-state index in [1.54, 1.807) is 12.3 Å². The summed E-state index contributed by atoms with van der Waals surface area (Å²) < 4.78 is 4.99. The largest absolute Gasteiger partial charge is 0.467 e. The van der Waals surface area contributed by atoms with Crippen LogP contribution in [0.5, 0.6) is 6.01 Å². The highest BCUT2D eigenvalue weighted by Crippen LogP contribution is 2.30. The Balaban J connectivity index is 1.71. The molecule has 2 bridgehead atoms. The molecule has 2 aliphatic heterocycles. The molecule has 1 N–H and O–H groups in total. The number of amides is 2. The minimum absolute atomic E-state index is 0.0637. The van der Waals surface area contributed by atoms with Crippen LogP contribution in [0.1, 0.15) is 26.2 Å². The van der Waals surface area contributed by atoms with Gasteiger partial charge in [-0.1, -0.05) is 6.92 Å². The first kappa shape index (κ1) is 15.0. The van der Waals surface area contributed by atoms with Crippen LogP contribution in [0.3, 0.4) is 0 Å². The Kier molecular flexibility index (Phi) is 4.42. The number of carbonyl (C=O) groups is 1. The molecule has 2 amide bonds. The smallest absolute Gasteiger partial charge is 0.323 e. The van der Waals surface area contributed by atoms with E-state index >= 15 is 0 Å². The molecule has 2 atom stereocenters. The van der Waals surface area contributed by atoms with E-state index in [1.165, 1.54) is 7.11 Å². The van der Waals surface area contributed by atoms with Crippen LogP contribution in [-0.2, 0) is 0 Å². The molecule has 7 heteroatoms. The van der Waals surface area contributed by atoms with Gasteiger partial charge in [-0.05, 0) is 31.9 Å². The van der Waals surface area contributed by atoms with Gasteiger partial charge in [-0.15, -0.1) is 0 Å². The van der Waals surface area contributed by atoms with Crippen molar-refractivity contribution < 1.29 is 9.53 Å². The second-order valence-corrected chi connectivity index (χ2v) is 5.83. The standard InChI is InChI=1S/C15H23N5O2/c1-3-19-9-7-11-4-5-12(10-19)20(11)15(21)18-13-6-8-16-14(17-13)22-2/h6,8,11-12H,3-5,7,9-10H2,1-2H3,(H,16,17,18,21)/t11-,12+/m1/s1. The van der Waals surface area contributed by atoms with Crippen LogP contribution in [0.15, 0.2) is 12.3 Å². The molecule has 0 spiro atoms. The number of anilines is 1. The third-order valence-electron chi connectivity index (χ3n) is 4.60. The molecule has 120 valence electrons. The molecule has 1 aromatic rings. The lowest BCUT2D eigenvalue weighted by Crippen LogP contribution is -2.45. The van der Waals surface area contributed by atoms with Crippen molar-refractivity contribution in [2.45, 2.75) is 38.3 Å². The van der Waals surface area contributed by atoms with E-state index in [9.17, 15) is 4.79 Å². The van der Waals surface area contributed by atoms with Crippen LogP contribution in [0, 0.1) is 0 Å². The molecule has 0 aromatic carbocycles. The number of hydrogen-bond donors (Lipinski definition) is 1. The van der Waals surface area contributed by atoms with Crippen molar-refractivity contribution in [1.82, 2.24) is 19.8 Å². The molecule has 0 saturated carbocycles. The third-order valence-corrected chi connectivity index (χ3v) is 4.60. The maximum atomic E-state index is 12.7. The van der Waals surface area contributed by atoms with E-state index in [2.05, 4.69) is 27.1 Å². The van der Waals surface area contributed by atoms with Crippen molar-refractivity contribution in [1.29, 1.82) is 0 Å². The van der Waals surface area contributed by atoms with E-state index in [1.807, 2.05) is 4.90 Å². The molecule has 7 nitrogen and oxygen atoms in total. The zero-order valence-electron chi connectivity index (χ0n) is 13.2. The quantitative estimate of drug-likeness (QED) is 0.918. The van der Waals surface area contributed by atoms with Crippen molar-refractivity contribution in [2.75, 3.05) is 32.1 Å². The minimum atomic E-state index is -0.0637. The van der Waals surface area contributed by atoms with E-state index in [0.29, 0.717) is 17.9 Å². The zero-order valence-corrected chi connectivity index (χ0v) is 13.2. The van der Waals surface area contributed by atoms with Gasteiger partial charge < -0.3 is 14.5 Å². The third kappa shape index (κ3) is 2.99. The molecule has 3 rings (SSSR count). The molecule has 0 aliphatic carbocycles. The number of methoxy groups -OCH3 is 1. The lowest BCUT2D eigenvalue weighted by Gasteiger charge is -2.28. The van der Waals surface area contributed by atoms with Crippen LogP contribution < -0.4 is 10.1 Å². The van der Waals surface area contributed by atoms with Gasteiger partial charge in [0.15, 0.2) is 0 Å². The predicted octanol–water partition coefficient (Wildman–Crippen LogP) is 1.58. The monoisotopic (exact) mass is 305 g/mol. The van der Waals surface area contributed by atoms with Gasteiger partial charge in [-0.3, -0.25) is 5.32 Å². The summed E-state index contributed by atoms with van der Waals surface area (Å²) in [4.78, 5) is 25.2. The lowest BCUT2D eigenvalue weighted by atomic mass is 10.1. The summed E-state index contributed by atoms with van der Waals surface area (Å²) in [6.07, 6.45) is 4.81. The number of rotatable bonds is 3. The summed E-state index contributed by atoms with van der Waals surface area (Å²) >= 11 is 0. The topological polar surface area (TPSA) is 70.6 Å². The summed E-state index contributed by atoms with van der Waals surface area (Å²) in [7, 11) is 1.51. The zero-order chi connectivity index (χ0) is 15.5. The van der Waals surface area contributed by atoms with Gasteiger partial charge >= 0.3 is 12.0 Å². The van der Waals surface area contributed by atoms with E-state index in [0.717, 1.165) is 38.9 Å². The molecule has 2 saturated heterocycles.